The number of benzene rings is 2. The minimum absolute atomic E-state index is 0.289. The Morgan fingerprint density at radius 1 is 1.22 bits per heavy atom. The van der Waals surface area contributed by atoms with Gasteiger partial charge in [0, 0.05) is 0 Å². The molecule has 0 fully saturated rings. The highest BCUT2D eigenvalue weighted by Gasteiger charge is 2.16. The third kappa shape index (κ3) is 3.30. The third-order valence-electron chi connectivity index (χ3n) is 4.09. The molecule has 7 heteroatoms. The van der Waals surface area contributed by atoms with Gasteiger partial charge in [-0.15, -0.1) is 0 Å². The molecule has 2 aromatic heterocycles. The van der Waals surface area contributed by atoms with E-state index in [0.29, 0.717) is 17.2 Å². The molecule has 2 aromatic carbocycles. The van der Waals surface area contributed by atoms with Crippen molar-refractivity contribution in [2.24, 2.45) is 5.10 Å². The summed E-state index contributed by atoms with van der Waals surface area (Å²) < 4.78 is 10.6. The molecule has 0 saturated heterocycles. The molecule has 0 bridgehead atoms. The topological polar surface area (TPSA) is 92.5 Å². The van der Waals surface area contributed by atoms with Gasteiger partial charge in [0.1, 0.15) is 17.2 Å². The van der Waals surface area contributed by atoms with Crippen LogP contribution in [0.15, 0.2) is 70.4 Å². The fourth-order valence-electron chi connectivity index (χ4n) is 2.83. The molecule has 0 atom stereocenters. The summed E-state index contributed by atoms with van der Waals surface area (Å²) in [5.41, 5.74) is 4.16. The fourth-order valence-corrected chi connectivity index (χ4v) is 2.83. The van der Waals surface area contributed by atoms with Crippen molar-refractivity contribution < 1.29 is 13.9 Å². The van der Waals surface area contributed by atoms with E-state index in [4.69, 9.17) is 9.15 Å². The van der Waals surface area contributed by atoms with Crippen LogP contribution in [-0.2, 0) is 0 Å². The van der Waals surface area contributed by atoms with Crippen LogP contribution in [0.4, 0.5) is 0 Å². The molecule has 0 aliphatic rings. The maximum absolute atomic E-state index is 12.3. The maximum Gasteiger partial charge on any atom is 0.289 e. The summed E-state index contributed by atoms with van der Waals surface area (Å²) in [7, 11) is 1.61. The fraction of sp³-hybridized carbons (Fsp3) is 0.0500. The third-order valence-corrected chi connectivity index (χ3v) is 4.09. The number of ether oxygens (including phenoxy) is 1. The minimum Gasteiger partial charge on any atom is -0.496 e. The van der Waals surface area contributed by atoms with Crippen LogP contribution in [0.5, 0.6) is 5.75 Å². The van der Waals surface area contributed by atoms with Crippen molar-refractivity contribution in [3.8, 4) is 17.0 Å². The van der Waals surface area contributed by atoms with Gasteiger partial charge >= 0.3 is 0 Å². The van der Waals surface area contributed by atoms with E-state index in [-0.39, 0.29) is 5.69 Å². The molecular formula is C20H16N4O3. The highest BCUT2D eigenvalue weighted by molar-refractivity contribution is 6.00. The van der Waals surface area contributed by atoms with Crippen LogP contribution in [0, 0.1) is 0 Å². The van der Waals surface area contributed by atoms with Crippen molar-refractivity contribution in [3.63, 3.8) is 0 Å². The molecule has 27 heavy (non-hydrogen) atoms. The first-order valence-corrected chi connectivity index (χ1v) is 8.24. The number of carbonyl (C=O) groups is 1. The first kappa shape index (κ1) is 16.6. The van der Waals surface area contributed by atoms with Crippen LogP contribution in [0.1, 0.15) is 16.2 Å². The number of nitrogens with one attached hydrogen (secondary N) is 2. The number of aromatic nitrogens is 2. The van der Waals surface area contributed by atoms with E-state index in [1.54, 1.807) is 25.3 Å². The van der Waals surface area contributed by atoms with E-state index in [1.165, 1.54) is 12.5 Å². The number of fused-ring (bicyclic) bond motifs is 1. The Balaban J connectivity index is 1.63. The van der Waals surface area contributed by atoms with Crippen LogP contribution in [0.2, 0.25) is 0 Å². The van der Waals surface area contributed by atoms with Crippen molar-refractivity contribution in [1.82, 2.24) is 15.6 Å². The van der Waals surface area contributed by atoms with Crippen LogP contribution in [-0.4, -0.2) is 29.4 Å². The number of aromatic amines is 1. The highest BCUT2D eigenvalue weighted by atomic mass is 16.5. The largest absolute Gasteiger partial charge is 0.496 e. The number of amides is 1. The summed E-state index contributed by atoms with van der Waals surface area (Å²) in [4.78, 5) is 12.3. The van der Waals surface area contributed by atoms with E-state index >= 15 is 0 Å². The quantitative estimate of drug-likeness (QED) is 0.420. The molecule has 0 unspecified atom stereocenters. The van der Waals surface area contributed by atoms with Crippen LogP contribution in [0.25, 0.3) is 22.0 Å². The molecule has 2 N–H and O–H groups in total. The van der Waals surface area contributed by atoms with E-state index in [2.05, 4.69) is 20.7 Å². The number of hydrogen-bond donors (Lipinski definition) is 2. The average Bonchev–Trinajstić information content (AvgIpc) is 3.39. The molecule has 1 amide bonds. The summed E-state index contributed by atoms with van der Waals surface area (Å²) in [6.07, 6.45) is 2.95. The molecule has 0 saturated carbocycles. The summed E-state index contributed by atoms with van der Waals surface area (Å²) in [6.45, 7) is 0. The molecule has 4 aromatic rings. The monoisotopic (exact) mass is 360 g/mol. The Morgan fingerprint density at radius 3 is 2.93 bits per heavy atom. The first-order chi connectivity index (χ1) is 13.3. The normalized spacial score (nSPS) is 11.1. The molecule has 0 radical (unpaired) electrons. The highest BCUT2D eigenvalue weighted by Crippen LogP contribution is 2.36. The lowest BCUT2D eigenvalue weighted by atomic mass is 10.0. The predicted octanol–water partition coefficient (Wildman–Crippen LogP) is 3.60. The molecule has 0 spiro atoms. The Kier molecular flexibility index (Phi) is 4.40. The van der Waals surface area contributed by atoms with Crippen LogP contribution >= 0.6 is 0 Å². The zero-order chi connectivity index (χ0) is 18.6. The Bertz CT molecular complexity index is 1110. The van der Waals surface area contributed by atoms with E-state index in [9.17, 15) is 4.79 Å². The average molecular weight is 360 g/mol. The number of nitrogens with zero attached hydrogens (tertiary/aromatic N) is 2. The molecule has 134 valence electrons. The Hall–Kier alpha value is -3.87. The van der Waals surface area contributed by atoms with Crippen molar-refractivity contribution >= 4 is 22.9 Å². The number of hydrogen-bond acceptors (Lipinski definition) is 5. The standard InChI is InChI=1S/C20H16N4O3/c1-26-18-9-8-13-5-2-3-7-15(13)19(18)16-11-17(23-22-16)20(25)24-21-12-14-6-4-10-27-14/h2-12H,1H3,(H,22,23)(H,24,25). The number of furan rings is 1. The lowest BCUT2D eigenvalue weighted by molar-refractivity contribution is 0.0950. The van der Waals surface area contributed by atoms with Gasteiger partial charge in [0.2, 0.25) is 0 Å². The lowest BCUT2D eigenvalue weighted by Gasteiger charge is -2.09. The molecule has 4 rings (SSSR count). The minimum atomic E-state index is -0.407. The summed E-state index contributed by atoms with van der Waals surface area (Å²) in [5.74, 6) is 0.819. The van der Waals surface area contributed by atoms with Gasteiger partial charge in [0.05, 0.1) is 30.8 Å². The smallest absolute Gasteiger partial charge is 0.289 e. The van der Waals surface area contributed by atoms with E-state index < -0.39 is 5.91 Å². The second-order valence-corrected chi connectivity index (χ2v) is 5.75. The number of hydrazone groups is 1. The van der Waals surface area contributed by atoms with Gasteiger partial charge in [0.15, 0.2) is 0 Å². The predicted molar refractivity (Wildman–Crippen MR) is 102 cm³/mol. The second kappa shape index (κ2) is 7.17. The Labute approximate surface area is 154 Å². The van der Waals surface area contributed by atoms with E-state index in [1.807, 2.05) is 36.4 Å². The van der Waals surface area contributed by atoms with Gasteiger partial charge in [-0.05, 0) is 35.0 Å². The zero-order valence-corrected chi connectivity index (χ0v) is 14.5. The second-order valence-electron chi connectivity index (χ2n) is 5.75. The van der Waals surface area contributed by atoms with Crippen molar-refractivity contribution in [3.05, 3.63) is 72.3 Å². The first-order valence-electron chi connectivity index (χ1n) is 8.24. The van der Waals surface area contributed by atoms with Gasteiger partial charge in [-0.2, -0.15) is 10.2 Å². The van der Waals surface area contributed by atoms with Gasteiger partial charge in [-0.25, -0.2) is 5.43 Å². The van der Waals surface area contributed by atoms with Crippen LogP contribution in [0.3, 0.4) is 0 Å². The SMILES string of the molecule is COc1ccc2ccccc2c1-c1cc(C(=O)NN=Cc2ccco2)[nH]n1. The van der Waals surface area contributed by atoms with Gasteiger partial charge in [-0.3, -0.25) is 9.89 Å². The summed E-state index contributed by atoms with van der Waals surface area (Å²) in [5, 5.41) is 13.0. The van der Waals surface area contributed by atoms with Gasteiger partial charge in [0.25, 0.3) is 5.91 Å². The number of carbonyl (C=O) groups excluding carboxylic acids is 1. The zero-order valence-electron chi connectivity index (χ0n) is 14.5. The van der Waals surface area contributed by atoms with E-state index in [0.717, 1.165) is 16.3 Å². The number of rotatable bonds is 5. The number of methoxy groups -OCH3 is 1. The maximum atomic E-state index is 12.3. The van der Waals surface area contributed by atoms with Crippen molar-refractivity contribution in [2.45, 2.75) is 0 Å². The number of H-pyrrole nitrogens is 1. The molecule has 0 aliphatic carbocycles. The summed E-state index contributed by atoms with van der Waals surface area (Å²) >= 11 is 0. The van der Waals surface area contributed by atoms with Crippen LogP contribution < -0.4 is 10.2 Å². The lowest BCUT2D eigenvalue weighted by Crippen LogP contribution is -2.17. The Morgan fingerprint density at radius 2 is 2.11 bits per heavy atom. The molecular weight excluding hydrogens is 344 g/mol. The molecule has 0 aliphatic heterocycles. The van der Waals surface area contributed by atoms with Crippen molar-refractivity contribution in [1.29, 1.82) is 0 Å². The van der Waals surface area contributed by atoms with Gasteiger partial charge in [-0.1, -0.05) is 30.3 Å². The van der Waals surface area contributed by atoms with Crippen molar-refractivity contribution in [2.75, 3.05) is 7.11 Å². The summed E-state index contributed by atoms with van der Waals surface area (Å²) in [6, 6.07) is 17.0. The molecule has 2 heterocycles. The van der Waals surface area contributed by atoms with Gasteiger partial charge < -0.3 is 9.15 Å². The molecule has 7 nitrogen and oxygen atoms in total.